The highest BCUT2D eigenvalue weighted by molar-refractivity contribution is 5.84. The summed E-state index contributed by atoms with van der Waals surface area (Å²) < 4.78 is 5.25. The second kappa shape index (κ2) is 8.99. The summed E-state index contributed by atoms with van der Waals surface area (Å²) >= 11 is 0. The molecule has 0 bridgehead atoms. The molecule has 2 amide bonds. The summed E-state index contributed by atoms with van der Waals surface area (Å²) in [6, 6.07) is 10.7. The summed E-state index contributed by atoms with van der Waals surface area (Å²) in [6.45, 7) is 2.48. The topological polar surface area (TPSA) is 58.6 Å². The van der Waals surface area contributed by atoms with Gasteiger partial charge in [0.1, 0.15) is 0 Å². The quantitative estimate of drug-likeness (QED) is 0.860. The zero-order chi connectivity index (χ0) is 17.5. The van der Waals surface area contributed by atoms with Crippen molar-refractivity contribution in [2.24, 2.45) is 5.92 Å². The van der Waals surface area contributed by atoms with Crippen LogP contribution < -0.4 is 5.32 Å². The van der Waals surface area contributed by atoms with E-state index in [9.17, 15) is 9.59 Å². The first kappa shape index (κ1) is 17.9. The van der Waals surface area contributed by atoms with Crippen LogP contribution in [0.25, 0.3) is 0 Å². The second-order valence-corrected chi connectivity index (χ2v) is 7.05. The molecule has 2 fully saturated rings. The highest BCUT2D eigenvalue weighted by Crippen LogP contribution is 2.29. The van der Waals surface area contributed by atoms with Crippen molar-refractivity contribution in [3.8, 4) is 0 Å². The van der Waals surface area contributed by atoms with Gasteiger partial charge in [0.2, 0.25) is 11.8 Å². The first-order chi connectivity index (χ1) is 12.2. The molecule has 1 aromatic rings. The average Bonchev–Trinajstić information content (AvgIpc) is 3.08. The summed E-state index contributed by atoms with van der Waals surface area (Å²) in [7, 11) is 0. The Hall–Kier alpha value is -1.88. The maximum Gasteiger partial charge on any atom is 0.223 e. The SMILES string of the molecule is O=C(CCC(=O)N1CCOCC1)N[C@H]1CCC[C@@H]1Cc1ccccc1. The molecule has 0 unspecified atom stereocenters. The molecular formula is C20H28N2O3. The van der Waals surface area contributed by atoms with Crippen LogP contribution in [0.5, 0.6) is 0 Å². The molecular weight excluding hydrogens is 316 g/mol. The molecule has 1 aromatic carbocycles. The summed E-state index contributed by atoms with van der Waals surface area (Å²) in [4.78, 5) is 26.2. The Kier molecular flexibility index (Phi) is 6.45. The zero-order valence-electron chi connectivity index (χ0n) is 14.8. The predicted molar refractivity (Wildman–Crippen MR) is 96.1 cm³/mol. The minimum Gasteiger partial charge on any atom is -0.378 e. The number of amides is 2. The van der Waals surface area contributed by atoms with Crippen molar-refractivity contribution in [3.63, 3.8) is 0 Å². The van der Waals surface area contributed by atoms with Crippen molar-refractivity contribution in [3.05, 3.63) is 35.9 Å². The number of carbonyl (C=O) groups is 2. The number of hydrogen-bond donors (Lipinski definition) is 1. The monoisotopic (exact) mass is 344 g/mol. The molecule has 1 heterocycles. The average molecular weight is 344 g/mol. The lowest BCUT2D eigenvalue weighted by molar-refractivity contribution is -0.137. The van der Waals surface area contributed by atoms with E-state index in [1.807, 2.05) is 6.07 Å². The number of nitrogens with one attached hydrogen (secondary N) is 1. The van der Waals surface area contributed by atoms with Crippen molar-refractivity contribution in [2.75, 3.05) is 26.3 Å². The van der Waals surface area contributed by atoms with Gasteiger partial charge < -0.3 is 15.0 Å². The van der Waals surface area contributed by atoms with Crippen LogP contribution in [0, 0.1) is 5.92 Å². The van der Waals surface area contributed by atoms with E-state index < -0.39 is 0 Å². The Morgan fingerprint density at radius 1 is 1.08 bits per heavy atom. The predicted octanol–water partition coefficient (Wildman–Crippen LogP) is 2.15. The van der Waals surface area contributed by atoms with Crippen molar-refractivity contribution in [1.29, 1.82) is 0 Å². The minimum absolute atomic E-state index is 0.00608. The molecule has 5 nitrogen and oxygen atoms in total. The first-order valence-corrected chi connectivity index (χ1v) is 9.41. The molecule has 0 aromatic heterocycles. The molecule has 1 saturated carbocycles. The van der Waals surface area contributed by atoms with Gasteiger partial charge in [0.25, 0.3) is 0 Å². The smallest absolute Gasteiger partial charge is 0.223 e. The third kappa shape index (κ3) is 5.30. The Morgan fingerprint density at radius 3 is 2.60 bits per heavy atom. The Labute approximate surface area is 149 Å². The van der Waals surface area contributed by atoms with E-state index in [2.05, 4.69) is 29.6 Å². The van der Waals surface area contributed by atoms with Crippen LogP contribution in [0.1, 0.15) is 37.7 Å². The van der Waals surface area contributed by atoms with Crippen LogP contribution in [-0.4, -0.2) is 49.1 Å². The molecule has 136 valence electrons. The molecule has 5 heteroatoms. The highest BCUT2D eigenvalue weighted by Gasteiger charge is 2.28. The third-order valence-corrected chi connectivity index (χ3v) is 5.28. The van der Waals surface area contributed by atoms with Gasteiger partial charge in [0.15, 0.2) is 0 Å². The Balaban J connectivity index is 1.42. The molecule has 2 aliphatic rings. The van der Waals surface area contributed by atoms with E-state index >= 15 is 0 Å². The molecule has 3 rings (SSSR count). The second-order valence-electron chi connectivity index (χ2n) is 7.05. The summed E-state index contributed by atoms with van der Waals surface area (Å²) in [6.07, 6.45) is 4.95. The lowest BCUT2D eigenvalue weighted by Gasteiger charge is -2.27. The van der Waals surface area contributed by atoms with Crippen LogP contribution in [0.2, 0.25) is 0 Å². The largest absolute Gasteiger partial charge is 0.378 e. The van der Waals surface area contributed by atoms with Gasteiger partial charge in [-0.25, -0.2) is 0 Å². The number of ether oxygens (including phenoxy) is 1. The number of benzene rings is 1. The van der Waals surface area contributed by atoms with Crippen molar-refractivity contribution in [1.82, 2.24) is 10.2 Å². The van der Waals surface area contributed by atoms with Gasteiger partial charge in [0.05, 0.1) is 13.2 Å². The van der Waals surface area contributed by atoms with Gasteiger partial charge in [-0.05, 0) is 30.7 Å². The Morgan fingerprint density at radius 2 is 1.84 bits per heavy atom. The highest BCUT2D eigenvalue weighted by atomic mass is 16.5. The number of carbonyl (C=O) groups excluding carboxylic acids is 2. The van der Waals surface area contributed by atoms with Crippen LogP contribution in [0.4, 0.5) is 0 Å². The zero-order valence-corrected chi connectivity index (χ0v) is 14.8. The minimum atomic E-state index is 0.00608. The molecule has 2 atom stereocenters. The van der Waals surface area contributed by atoms with E-state index in [4.69, 9.17) is 4.74 Å². The van der Waals surface area contributed by atoms with E-state index in [-0.39, 0.29) is 24.3 Å². The van der Waals surface area contributed by atoms with E-state index in [1.165, 1.54) is 5.56 Å². The lowest BCUT2D eigenvalue weighted by atomic mass is 9.94. The van der Waals surface area contributed by atoms with E-state index in [0.717, 1.165) is 25.7 Å². The van der Waals surface area contributed by atoms with Crippen LogP contribution >= 0.6 is 0 Å². The van der Waals surface area contributed by atoms with Crippen LogP contribution in [-0.2, 0) is 20.7 Å². The van der Waals surface area contributed by atoms with Gasteiger partial charge in [-0.3, -0.25) is 9.59 Å². The fraction of sp³-hybridized carbons (Fsp3) is 0.600. The van der Waals surface area contributed by atoms with Gasteiger partial charge in [0, 0.05) is 32.0 Å². The summed E-state index contributed by atoms with van der Waals surface area (Å²) in [5.41, 5.74) is 1.33. The molecule has 1 N–H and O–H groups in total. The fourth-order valence-electron chi connectivity index (χ4n) is 3.86. The fourth-order valence-corrected chi connectivity index (χ4v) is 3.86. The van der Waals surface area contributed by atoms with Crippen molar-refractivity contribution in [2.45, 2.75) is 44.6 Å². The molecule has 1 saturated heterocycles. The number of hydrogen-bond acceptors (Lipinski definition) is 3. The Bertz CT molecular complexity index is 570. The number of morpholine rings is 1. The number of rotatable bonds is 6. The maximum absolute atomic E-state index is 12.3. The molecule has 0 spiro atoms. The normalized spacial score (nSPS) is 23.4. The molecule has 1 aliphatic carbocycles. The van der Waals surface area contributed by atoms with Gasteiger partial charge >= 0.3 is 0 Å². The molecule has 1 aliphatic heterocycles. The summed E-state index contributed by atoms with van der Waals surface area (Å²) in [5.74, 6) is 0.568. The van der Waals surface area contributed by atoms with Gasteiger partial charge in [-0.2, -0.15) is 0 Å². The van der Waals surface area contributed by atoms with Crippen LogP contribution in [0.3, 0.4) is 0 Å². The first-order valence-electron chi connectivity index (χ1n) is 9.41. The summed E-state index contributed by atoms with van der Waals surface area (Å²) in [5, 5.41) is 3.17. The van der Waals surface area contributed by atoms with Crippen molar-refractivity contribution >= 4 is 11.8 Å². The molecule has 25 heavy (non-hydrogen) atoms. The number of nitrogens with zero attached hydrogens (tertiary/aromatic N) is 1. The van der Waals surface area contributed by atoms with Crippen LogP contribution in [0.15, 0.2) is 30.3 Å². The van der Waals surface area contributed by atoms with Gasteiger partial charge in [-0.15, -0.1) is 0 Å². The van der Waals surface area contributed by atoms with E-state index in [0.29, 0.717) is 38.6 Å². The standard InChI is InChI=1S/C20H28N2O3/c23-19(9-10-20(24)22-11-13-25-14-12-22)21-18-8-4-7-17(18)15-16-5-2-1-3-6-16/h1-3,5-6,17-18H,4,7-15H2,(H,21,23)/t17-,18+/m1/s1. The molecule has 0 radical (unpaired) electrons. The lowest BCUT2D eigenvalue weighted by Crippen LogP contribution is -2.42. The maximum atomic E-state index is 12.3. The third-order valence-electron chi connectivity index (χ3n) is 5.28. The van der Waals surface area contributed by atoms with E-state index in [1.54, 1.807) is 4.90 Å². The van der Waals surface area contributed by atoms with Crippen molar-refractivity contribution < 1.29 is 14.3 Å². The van der Waals surface area contributed by atoms with Gasteiger partial charge in [-0.1, -0.05) is 36.8 Å².